The first kappa shape index (κ1) is 12.4. The summed E-state index contributed by atoms with van der Waals surface area (Å²) >= 11 is 0. The highest BCUT2D eigenvalue weighted by molar-refractivity contribution is 5.30. The van der Waals surface area contributed by atoms with Crippen LogP contribution in [0.25, 0.3) is 0 Å². The normalized spacial score (nSPS) is 11.5. The molecule has 0 saturated carbocycles. The molecule has 3 N–H and O–H groups in total. The Hall–Kier alpha value is -1.64. The fourth-order valence-corrected chi connectivity index (χ4v) is 0.912. The van der Waals surface area contributed by atoms with E-state index < -0.39 is 18.4 Å². The van der Waals surface area contributed by atoms with E-state index in [2.05, 4.69) is 25.0 Å². The molecule has 0 amide bonds. The maximum absolute atomic E-state index is 12.1. The zero-order valence-corrected chi connectivity index (χ0v) is 8.38. The molecule has 1 aromatic rings. The van der Waals surface area contributed by atoms with E-state index in [9.17, 15) is 13.2 Å². The van der Waals surface area contributed by atoms with Crippen molar-refractivity contribution in [2.24, 2.45) is 0 Å². The van der Waals surface area contributed by atoms with Gasteiger partial charge in [0.2, 0.25) is 11.9 Å². The van der Waals surface area contributed by atoms with Gasteiger partial charge < -0.3 is 15.8 Å². The van der Waals surface area contributed by atoms with Gasteiger partial charge in [-0.25, -0.2) is 0 Å². The summed E-state index contributed by atoms with van der Waals surface area (Å²) in [7, 11) is 1.41. The molecule has 0 aliphatic carbocycles. The van der Waals surface area contributed by atoms with Crippen LogP contribution < -0.4 is 11.1 Å². The number of ether oxygens (including phenoxy) is 1. The molecule has 0 aliphatic heterocycles. The Morgan fingerprint density at radius 2 is 2.00 bits per heavy atom. The van der Waals surface area contributed by atoms with Gasteiger partial charge >= 0.3 is 6.18 Å². The summed E-state index contributed by atoms with van der Waals surface area (Å²) in [5.41, 5.74) is 5.24. The average molecular weight is 237 g/mol. The van der Waals surface area contributed by atoms with Crippen molar-refractivity contribution in [3.63, 3.8) is 0 Å². The summed E-state index contributed by atoms with van der Waals surface area (Å²) in [6, 6.07) is 0. The van der Waals surface area contributed by atoms with E-state index in [-0.39, 0.29) is 18.6 Å². The number of nitrogens with zero attached hydrogens (tertiary/aromatic N) is 3. The molecule has 90 valence electrons. The lowest BCUT2D eigenvalue weighted by atomic mass is 10.4. The molecule has 0 bridgehead atoms. The van der Waals surface area contributed by atoms with Crippen molar-refractivity contribution in [1.82, 2.24) is 15.0 Å². The van der Waals surface area contributed by atoms with Gasteiger partial charge in [0.15, 0.2) is 0 Å². The highest BCUT2D eigenvalue weighted by atomic mass is 19.4. The average Bonchev–Trinajstić information content (AvgIpc) is 2.10. The molecule has 0 spiro atoms. The molecular formula is C7H10F3N5O. The number of nitrogen functional groups attached to an aromatic ring is 1. The van der Waals surface area contributed by atoms with Crippen molar-refractivity contribution in [3.05, 3.63) is 5.82 Å². The second-order valence-corrected chi connectivity index (χ2v) is 2.84. The van der Waals surface area contributed by atoms with Crippen molar-refractivity contribution < 1.29 is 17.9 Å². The van der Waals surface area contributed by atoms with Crippen LogP contribution in [0.4, 0.5) is 25.1 Å². The quantitative estimate of drug-likeness (QED) is 0.745. The first-order valence-electron chi connectivity index (χ1n) is 4.20. The Balaban J connectivity index is 2.81. The van der Waals surface area contributed by atoms with Crippen LogP contribution in [-0.2, 0) is 11.2 Å². The zero-order chi connectivity index (χ0) is 12.2. The van der Waals surface area contributed by atoms with Gasteiger partial charge in [-0.3, -0.25) is 0 Å². The number of halogens is 3. The van der Waals surface area contributed by atoms with E-state index in [0.29, 0.717) is 0 Å². The Labute approximate surface area is 89.1 Å². The second kappa shape index (κ2) is 4.92. The molecule has 1 rings (SSSR count). The highest BCUT2D eigenvalue weighted by Gasteiger charge is 2.29. The first-order chi connectivity index (χ1) is 7.40. The van der Waals surface area contributed by atoms with Crippen molar-refractivity contribution in [2.75, 3.05) is 24.9 Å². The summed E-state index contributed by atoms with van der Waals surface area (Å²) in [6.07, 6.45) is -5.63. The van der Waals surface area contributed by atoms with E-state index in [0.717, 1.165) is 0 Å². The maximum atomic E-state index is 12.1. The molecule has 0 saturated heterocycles. The molecule has 6 nitrogen and oxygen atoms in total. The van der Waals surface area contributed by atoms with E-state index in [1.807, 2.05) is 0 Å². The van der Waals surface area contributed by atoms with E-state index in [1.54, 1.807) is 0 Å². The zero-order valence-electron chi connectivity index (χ0n) is 8.38. The van der Waals surface area contributed by atoms with Crippen LogP contribution in [0.2, 0.25) is 0 Å². The maximum Gasteiger partial charge on any atom is 0.396 e. The highest BCUT2D eigenvalue weighted by Crippen LogP contribution is 2.19. The van der Waals surface area contributed by atoms with Crippen LogP contribution in [0.3, 0.4) is 0 Å². The van der Waals surface area contributed by atoms with Gasteiger partial charge in [-0.05, 0) is 0 Å². The molecule has 9 heteroatoms. The molecule has 16 heavy (non-hydrogen) atoms. The van der Waals surface area contributed by atoms with Gasteiger partial charge in [-0.1, -0.05) is 0 Å². The molecule has 1 aromatic heterocycles. The topological polar surface area (TPSA) is 86.0 Å². The number of hydrogen-bond donors (Lipinski definition) is 2. The molecule has 0 aromatic carbocycles. The predicted molar refractivity (Wildman–Crippen MR) is 49.5 cm³/mol. The Morgan fingerprint density at radius 3 is 2.56 bits per heavy atom. The fraction of sp³-hybridized carbons (Fsp3) is 0.571. The van der Waals surface area contributed by atoms with Crippen molar-refractivity contribution in [3.8, 4) is 0 Å². The molecule has 0 unspecified atom stereocenters. The summed E-state index contributed by atoms with van der Waals surface area (Å²) in [6.45, 7) is 0.0644. The summed E-state index contributed by atoms with van der Waals surface area (Å²) in [5.74, 6) is -0.750. The van der Waals surface area contributed by atoms with Crippen LogP contribution >= 0.6 is 0 Å². The van der Waals surface area contributed by atoms with Gasteiger partial charge in [-0.2, -0.15) is 28.1 Å². The third-order valence-corrected chi connectivity index (χ3v) is 1.43. The second-order valence-electron chi connectivity index (χ2n) is 2.84. The standard InChI is InChI=1S/C7H10F3N5O/c1-16-3-12-6-14-4(2-7(8,9)10)13-5(11)15-6/h2-3H2,1H3,(H3,11,12,13,14,15). The van der Waals surface area contributed by atoms with E-state index >= 15 is 0 Å². The van der Waals surface area contributed by atoms with Crippen LogP contribution in [-0.4, -0.2) is 35.0 Å². The molecule has 1 heterocycles. The van der Waals surface area contributed by atoms with Crippen LogP contribution in [0.5, 0.6) is 0 Å². The summed E-state index contributed by atoms with van der Waals surface area (Å²) in [5, 5.41) is 2.53. The number of aromatic nitrogens is 3. The molecule has 0 fully saturated rings. The van der Waals surface area contributed by atoms with E-state index in [4.69, 9.17) is 5.73 Å². The number of alkyl halides is 3. The minimum atomic E-state index is -4.38. The van der Waals surface area contributed by atoms with Crippen LogP contribution in [0.1, 0.15) is 5.82 Å². The lowest BCUT2D eigenvalue weighted by Gasteiger charge is -2.08. The minimum Gasteiger partial charge on any atom is -0.368 e. The number of hydrogen-bond acceptors (Lipinski definition) is 6. The molecular weight excluding hydrogens is 227 g/mol. The van der Waals surface area contributed by atoms with E-state index in [1.165, 1.54) is 7.11 Å². The Morgan fingerprint density at radius 1 is 1.31 bits per heavy atom. The van der Waals surface area contributed by atoms with Crippen LogP contribution in [0, 0.1) is 0 Å². The number of nitrogens with two attached hydrogens (primary N) is 1. The summed E-state index contributed by atoms with van der Waals surface area (Å²) < 4.78 is 40.9. The van der Waals surface area contributed by atoms with Gasteiger partial charge in [0.05, 0.1) is 0 Å². The SMILES string of the molecule is COCNc1nc(N)nc(CC(F)(F)F)n1. The van der Waals surface area contributed by atoms with Crippen molar-refractivity contribution in [2.45, 2.75) is 12.6 Å². The minimum absolute atomic E-state index is 0.0476. The Kier molecular flexibility index (Phi) is 3.82. The molecule has 0 radical (unpaired) electrons. The van der Waals surface area contributed by atoms with Gasteiger partial charge in [0, 0.05) is 7.11 Å². The smallest absolute Gasteiger partial charge is 0.368 e. The number of anilines is 2. The Bertz CT molecular complexity index is 356. The number of rotatable bonds is 4. The molecule has 0 aliphatic rings. The predicted octanol–water partition coefficient (Wildman–Crippen LogP) is 0.574. The lowest BCUT2D eigenvalue weighted by molar-refractivity contribution is -0.128. The van der Waals surface area contributed by atoms with Gasteiger partial charge in [0.1, 0.15) is 19.0 Å². The van der Waals surface area contributed by atoms with Crippen molar-refractivity contribution >= 4 is 11.9 Å². The third kappa shape index (κ3) is 4.26. The first-order valence-corrected chi connectivity index (χ1v) is 4.20. The largest absolute Gasteiger partial charge is 0.396 e. The monoisotopic (exact) mass is 237 g/mol. The van der Waals surface area contributed by atoms with Gasteiger partial charge in [0.25, 0.3) is 0 Å². The number of methoxy groups -OCH3 is 1. The van der Waals surface area contributed by atoms with Crippen molar-refractivity contribution in [1.29, 1.82) is 0 Å². The summed E-state index contributed by atoms with van der Waals surface area (Å²) in [4.78, 5) is 10.5. The fourth-order valence-electron chi connectivity index (χ4n) is 0.912. The van der Waals surface area contributed by atoms with Gasteiger partial charge in [-0.15, -0.1) is 0 Å². The lowest BCUT2D eigenvalue weighted by Crippen LogP contribution is -2.17. The number of nitrogens with one attached hydrogen (secondary N) is 1. The van der Waals surface area contributed by atoms with Crippen LogP contribution in [0.15, 0.2) is 0 Å². The third-order valence-electron chi connectivity index (χ3n) is 1.43. The molecule has 0 atom stereocenters.